The third kappa shape index (κ3) is 4.58. The number of benzene rings is 2. The van der Waals surface area contributed by atoms with E-state index in [-0.39, 0.29) is 23.0 Å². The van der Waals surface area contributed by atoms with Crippen LogP contribution in [0.25, 0.3) is 10.9 Å². The Labute approximate surface area is 196 Å². The van der Waals surface area contributed by atoms with E-state index in [9.17, 15) is 27.7 Å². The molecule has 1 fully saturated rings. The van der Waals surface area contributed by atoms with Crippen molar-refractivity contribution in [2.24, 2.45) is 0 Å². The monoisotopic (exact) mass is 488 g/mol. The molecule has 1 N–H and O–H groups in total. The maximum absolute atomic E-state index is 14.5. The van der Waals surface area contributed by atoms with Gasteiger partial charge in [-0.05, 0) is 57.9 Å². The Morgan fingerprint density at radius 2 is 1.85 bits per heavy atom. The fourth-order valence-electron chi connectivity index (χ4n) is 4.28. The van der Waals surface area contributed by atoms with Gasteiger partial charge in [0, 0.05) is 28.6 Å². The number of hydrogen-bond acceptors (Lipinski definition) is 6. The lowest BCUT2D eigenvalue weighted by atomic mass is 10.0. The SMILES string of the molecule is CC(C)(C)NS(=O)(=O)c1cc(C(=O)c2nn(C3CCCC3)c3cc([N+](=O)[O-])ccc23)ccc1F. The van der Waals surface area contributed by atoms with Gasteiger partial charge in [0.15, 0.2) is 0 Å². The van der Waals surface area contributed by atoms with Crippen molar-refractivity contribution in [3.63, 3.8) is 0 Å². The molecular weight excluding hydrogens is 463 g/mol. The second kappa shape index (κ2) is 8.55. The first-order valence-corrected chi connectivity index (χ1v) is 12.4. The summed E-state index contributed by atoms with van der Waals surface area (Å²) in [4.78, 5) is 23.6. The number of fused-ring (bicyclic) bond motifs is 1. The summed E-state index contributed by atoms with van der Waals surface area (Å²) in [6, 6.07) is 7.31. The molecule has 0 bridgehead atoms. The fraction of sp³-hybridized carbons (Fsp3) is 0.391. The van der Waals surface area contributed by atoms with Gasteiger partial charge < -0.3 is 0 Å². The maximum atomic E-state index is 14.5. The first-order valence-electron chi connectivity index (χ1n) is 10.9. The van der Waals surface area contributed by atoms with Gasteiger partial charge in [0.1, 0.15) is 16.4 Å². The van der Waals surface area contributed by atoms with Crippen molar-refractivity contribution in [1.29, 1.82) is 0 Å². The number of ketones is 1. The molecule has 0 atom stereocenters. The maximum Gasteiger partial charge on any atom is 0.271 e. The molecule has 9 nitrogen and oxygen atoms in total. The van der Waals surface area contributed by atoms with Gasteiger partial charge in [-0.2, -0.15) is 5.10 Å². The Balaban J connectivity index is 1.83. The van der Waals surface area contributed by atoms with Gasteiger partial charge in [-0.3, -0.25) is 19.6 Å². The van der Waals surface area contributed by atoms with Crippen molar-refractivity contribution < 1.29 is 22.5 Å². The zero-order valence-electron chi connectivity index (χ0n) is 19.0. The first kappa shape index (κ1) is 24.0. The first-order chi connectivity index (χ1) is 15.9. The lowest BCUT2D eigenvalue weighted by Gasteiger charge is -2.20. The number of nitrogens with zero attached hydrogens (tertiary/aromatic N) is 3. The van der Waals surface area contributed by atoms with Crippen molar-refractivity contribution in [1.82, 2.24) is 14.5 Å². The van der Waals surface area contributed by atoms with Crippen LogP contribution in [0, 0.1) is 15.9 Å². The third-order valence-corrected chi connectivity index (χ3v) is 7.48. The summed E-state index contributed by atoms with van der Waals surface area (Å²) in [5.41, 5.74) is -0.513. The van der Waals surface area contributed by atoms with Crippen LogP contribution in [0.2, 0.25) is 0 Å². The second-order valence-electron chi connectivity index (χ2n) is 9.52. The smallest absolute Gasteiger partial charge is 0.271 e. The number of carbonyl (C=O) groups excluding carboxylic acids is 1. The highest BCUT2D eigenvalue weighted by atomic mass is 32.2. The number of non-ortho nitro benzene ring substituents is 1. The van der Waals surface area contributed by atoms with Gasteiger partial charge in [-0.25, -0.2) is 17.5 Å². The van der Waals surface area contributed by atoms with Crippen LogP contribution in [0.1, 0.15) is 68.5 Å². The van der Waals surface area contributed by atoms with Crippen LogP contribution in [0.5, 0.6) is 0 Å². The van der Waals surface area contributed by atoms with Crippen LogP contribution in [-0.2, 0) is 10.0 Å². The van der Waals surface area contributed by atoms with Gasteiger partial charge in [-0.1, -0.05) is 12.8 Å². The van der Waals surface area contributed by atoms with Gasteiger partial charge in [-0.15, -0.1) is 0 Å². The largest absolute Gasteiger partial charge is 0.287 e. The number of nitro benzene ring substituents is 1. The molecular formula is C23H25FN4O5S. The third-order valence-electron chi connectivity index (χ3n) is 5.71. The van der Waals surface area contributed by atoms with E-state index < -0.39 is 37.0 Å². The van der Waals surface area contributed by atoms with Crippen molar-refractivity contribution in [3.8, 4) is 0 Å². The Hall–Kier alpha value is -3.18. The highest BCUT2D eigenvalue weighted by Gasteiger charge is 2.29. The van der Waals surface area contributed by atoms with Crippen LogP contribution in [-0.4, -0.2) is 34.4 Å². The summed E-state index contributed by atoms with van der Waals surface area (Å²) in [7, 11) is -4.23. The molecule has 0 spiro atoms. The number of nitrogens with one attached hydrogen (secondary N) is 1. The fourth-order valence-corrected chi connectivity index (χ4v) is 5.80. The van der Waals surface area contributed by atoms with E-state index in [1.165, 1.54) is 24.3 Å². The van der Waals surface area contributed by atoms with Gasteiger partial charge in [0.05, 0.1) is 16.5 Å². The van der Waals surface area contributed by atoms with Crippen molar-refractivity contribution in [2.75, 3.05) is 0 Å². The summed E-state index contributed by atoms with van der Waals surface area (Å²) in [6.45, 7) is 4.87. The molecule has 1 aliphatic rings. The van der Waals surface area contributed by atoms with Crippen LogP contribution in [0.15, 0.2) is 41.3 Å². The van der Waals surface area contributed by atoms with E-state index in [2.05, 4.69) is 9.82 Å². The molecule has 0 unspecified atom stereocenters. The second-order valence-corrected chi connectivity index (χ2v) is 11.2. The average Bonchev–Trinajstić information content (AvgIpc) is 3.39. The Kier molecular flexibility index (Phi) is 6.03. The summed E-state index contributed by atoms with van der Waals surface area (Å²) in [6.07, 6.45) is 3.66. The van der Waals surface area contributed by atoms with Crippen LogP contribution < -0.4 is 4.72 Å². The predicted octanol–water partition coefficient (Wildman–Crippen LogP) is 4.51. The minimum absolute atomic E-state index is 0.00574. The lowest BCUT2D eigenvalue weighted by molar-refractivity contribution is -0.384. The van der Waals surface area contributed by atoms with Crippen molar-refractivity contribution >= 4 is 32.4 Å². The van der Waals surface area contributed by atoms with E-state index in [0.29, 0.717) is 10.9 Å². The highest BCUT2D eigenvalue weighted by Crippen LogP contribution is 2.35. The average molecular weight is 489 g/mol. The number of rotatable bonds is 6. The number of carbonyl (C=O) groups is 1. The molecule has 3 aromatic rings. The van der Waals surface area contributed by atoms with E-state index in [1.807, 2.05) is 0 Å². The lowest BCUT2D eigenvalue weighted by Crippen LogP contribution is -2.40. The predicted molar refractivity (Wildman–Crippen MR) is 124 cm³/mol. The Bertz CT molecular complexity index is 1400. The van der Waals surface area contributed by atoms with Crippen LogP contribution in [0.4, 0.5) is 10.1 Å². The number of halogens is 1. The summed E-state index contributed by atoms with van der Waals surface area (Å²) >= 11 is 0. The summed E-state index contributed by atoms with van der Waals surface area (Å²) < 4.78 is 44.0. The minimum Gasteiger partial charge on any atom is -0.287 e. The van der Waals surface area contributed by atoms with Gasteiger partial charge in [0.25, 0.3) is 5.69 Å². The molecule has 0 amide bonds. The normalized spacial score (nSPS) is 15.2. The van der Waals surface area contributed by atoms with E-state index in [1.54, 1.807) is 25.5 Å². The Morgan fingerprint density at radius 1 is 1.18 bits per heavy atom. The molecule has 180 valence electrons. The van der Waals surface area contributed by atoms with Crippen LogP contribution >= 0.6 is 0 Å². The number of nitro groups is 1. The molecule has 2 aromatic carbocycles. The molecule has 34 heavy (non-hydrogen) atoms. The summed E-state index contributed by atoms with van der Waals surface area (Å²) in [5, 5.41) is 16.2. The van der Waals surface area contributed by atoms with Crippen LogP contribution in [0.3, 0.4) is 0 Å². The van der Waals surface area contributed by atoms with Gasteiger partial charge in [0.2, 0.25) is 15.8 Å². The highest BCUT2D eigenvalue weighted by molar-refractivity contribution is 7.89. The number of sulfonamides is 1. The molecule has 1 heterocycles. The summed E-state index contributed by atoms with van der Waals surface area (Å²) in [5.74, 6) is -1.58. The zero-order chi connectivity index (χ0) is 24.8. The molecule has 0 aliphatic heterocycles. The topological polar surface area (TPSA) is 124 Å². The van der Waals surface area contributed by atoms with E-state index >= 15 is 0 Å². The Morgan fingerprint density at radius 3 is 2.47 bits per heavy atom. The molecule has 1 saturated carbocycles. The molecule has 0 saturated heterocycles. The molecule has 11 heteroatoms. The number of aromatic nitrogens is 2. The number of hydrogen-bond donors (Lipinski definition) is 1. The quantitative estimate of drug-likeness (QED) is 0.309. The van der Waals surface area contributed by atoms with E-state index in [0.717, 1.165) is 37.8 Å². The molecule has 0 radical (unpaired) electrons. The van der Waals surface area contributed by atoms with Crippen molar-refractivity contribution in [2.45, 2.75) is 62.9 Å². The van der Waals surface area contributed by atoms with Gasteiger partial charge >= 0.3 is 0 Å². The molecule has 1 aromatic heterocycles. The molecule has 4 rings (SSSR count). The molecule has 1 aliphatic carbocycles. The minimum atomic E-state index is -4.23. The standard InChI is InChI=1S/C23H25FN4O5S/c1-23(2,3)26-34(32,33)20-12-14(8-11-18(20)24)22(29)21-17-10-9-16(28(30)31)13-19(17)27(25-21)15-6-4-5-7-15/h8-13,15,26H,4-7H2,1-3H3. The van der Waals surface area contributed by atoms with E-state index in [4.69, 9.17) is 0 Å². The zero-order valence-corrected chi connectivity index (χ0v) is 19.9. The van der Waals surface area contributed by atoms with Crippen molar-refractivity contribution in [3.05, 3.63) is 63.6 Å².